The monoisotopic (exact) mass is 158 g/mol. The molecule has 0 aliphatic carbocycles. The van der Waals surface area contributed by atoms with E-state index in [1.807, 2.05) is 13.8 Å². The Bertz CT molecular complexity index is 109. The van der Waals surface area contributed by atoms with Gasteiger partial charge in [0.15, 0.2) is 0 Å². The maximum absolute atomic E-state index is 9.49. The van der Waals surface area contributed by atoms with Gasteiger partial charge in [0.25, 0.3) is 0 Å². The molecular weight excluding hydrogens is 140 g/mol. The molecule has 0 radical (unpaired) electrons. The Morgan fingerprint density at radius 3 is 2.64 bits per heavy atom. The molecule has 1 N–H and O–H groups in total. The Morgan fingerprint density at radius 2 is 2.18 bits per heavy atom. The minimum absolute atomic E-state index is 0.295. The SMILES string of the molecule is CC(C)(O)CC1CCCCO1. The molecule has 0 spiro atoms. The van der Waals surface area contributed by atoms with Gasteiger partial charge in [0.05, 0.1) is 11.7 Å². The molecule has 0 amide bonds. The minimum Gasteiger partial charge on any atom is -0.390 e. The van der Waals surface area contributed by atoms with Gasteiger partial charge >= 0.3 is 0 Å². The van der Waals surface area contributed by atoms with Crippen molar-refractivity contribution in [3.63, 3.8) is 0 Å². The highest BCUT2D eigenvalue weighted by atomic mass is 16.5. The lowest BCUT2D eigenvalue weighted by Gasteiger charge is -2.28. The molecule has 0 saturated carbocycles. The molecule has 0 bridgehead atoms. The van der Waals surface area contributed by atoms with E-state index in [2.05, 4.69) is 0 Å². The first kappa shape index (κ1) is 9.01. The molecule has 1 saturated heterocycles. The molecule has 0 aromatic heterocycles. The Kier molecular flexibility index (Phi) is 2.90. The van der Waals surface area contributed by atoms with Crippen LogP contribution in [0, 0.1) is 0 Å². The van der Waals surface area contributed by atoms with Crippen LogP contribution in [0.15, 0.2) is 0 Å². The van der Waals surface area contributed by atoms with Crippen LogP contribution in [-0.2, 0) is 4.74 Å². The third kappa shape index (κ3) is 3.73. The highest BCUT2D eigenvalue weighted by Gasteiger charge is 2.22. The maximum Gasteiger partial charge on any atom is 0.0616 e. The fourth-order valence-electron chi connectivity index (χ4n) is 1.53. The van der Waals surface area contributed by atoms with Crippen molar-refractivity contribution >= 4 is 0 Å². The van der Waals surface area contributed by atoms with Crippen molar-refractivity contribution in [3.05, 3.63) is 0 Å². The zero-order chi connectivity index (χ0) is 8.32. The fraction of sp³-hybridized carbons (Fsp3) is 1.00. The van der Waals surface area contributed by atoms with E-state index < -0.39 is 5.60 Å². The molecule has 1 rings (SSSR count). The van der Waals surface area contributed by atoms with Crippen molar-refractivity contribution in [1.82, 2.24) is 0 Å². The first-order valence-electron chi connectivity index (χ1n) is 4.42. The molecule has 1 fully saturated rings. The summed E-state index contributed by atoms with van der Waals surface area (Å²) >= 11 is 0. The predicted molar refractivity (Wildman–Crippen MR) is 44.5 cm³/mol. The van der Waals surface area contributed by atoms with Gasteiger partial charge in [0.1, 0.15) is 0 Å². The molecule has 1 unspecified atom stereocenters. The van der Waals surface area contributed by atoms with Gasteiger partial charge in [0, 0.05) is 13.0 Å². The Hall–Kier alpha value is -0.0800. The van der Waals surface area contributed by atoms with Crippen molar-refractivity contribution in [3.8, 4) is 0 Å². The van der Waals surface area contributed by atoms with Crippen molar-refractivity contribution in [1.29, 1.82) is 0 Å². The van der Waals surface area contributed by atoms with E-state index in [9.17, 15) is 5.11 Å². The van der Waals surface area contributed by atoms with Gasteiger partial charge in [-0.05, 0) is 33.1 Å². The van der Waals surface area contributed by atoms with Crippen LogP contribution in [0.1, 0.15) is 39.5 Å². The van der Waals surface area contributed by atoms with Gasteiger partial charge in [-0.2, -0.15) is 0 Å². The number of hydrogen-bond acceptors (Lipinski definition) is 2. The van der Waals surface area contributed by atoms with Crippen LogP contribution in [-0.4, -0.2) is 23.4 Å². The van der Waals surface area contributed by atoms with Crippen molar-refractivity contribution in [2.75, 3.05) is 6.61 Å². The Morgan fingerprint density at radius 1 is 1.45 bits per heavy atom. The van der Waals surface area contributed by atoms with Crippen molar-refractivity contribution in [2.24, 2.45) is 0 Å². The van der Waals surface area contributed by atoms with Crippen molar-refractivity contribution in [2.45, 2.75) is 51.2 Å². The van der Waals surface area contributed by atoms with Crippen LogP contribution in [0.25, 0.3) is 0 Å². The van der Waals surface area contributed by atoms with E-state index in [0.29, 0.717) is 6.10 Å². The van der Waals surface area contributed by atoms with Crippen LogP contribution in [0.4, 0.5) is 0 Å². The number of hydrogen-bond donors (Lipinski definition) is 1. The molecule has 0 aromatic carbocycles. The summed E-state index contributed by atoms with van der Waals surface area (Å²) in [5.41, 5.74) is -0.567. The molecule has 11 heavy (non-hydrogen) atoms. The molecule has 0 aromatic rings. The second kappa shape index (κ2) is 3.55. The smallest absolute Gasteiger partial charge is 0.0616 e. The average Bonchev–Trinajstić information content (AvgIpc) is 1.85. The summed E-state index contributed by atoms with van der Waals surface area (Å²) < 4.78 is 5.49. The van der Waals surface area contributed by atoms with Gasteiger partial charge in [-0.25, -0.2) is 0 Å². The van der Waals surface area contributed by atoms with Crippen molar-refractivity contribution < 1.29 is 9.84 Å². The maximum atomic E-state index is 9.49. The molecule has 1 aliphatic heterocycles. The lowest BCUT2D eigenvalue weighted by atomic mass is 9.96. The van der Waals surface area contributed by atoms with E-state index in [-0.39, 0.29) is 0 Å². The zero-order valence-corrected chi connectivity index (χ0v) is 7.47. The summed E-state index contributed by atoms with van der Waals surface area (Å²) in [5.74, 6) is 0. The van der Waals surface area contributed by atoms with Gasteiger partial charge in [-0.15, -0.1) is 0 Å². The van der Waals surface area contributed by atoms with Gasteiger partial charge < -0.3 is 9.84 Å². The van der Waals surface area contributed by atoms with Gasteiger partial charge in [0.2, 0.25) is 0 Å². The van der Waals surface area contributed by atoms with E-state index in [1.54, 1.807) is 0 Å². The molecular formula is C9H18O2. The standard InChI is InChI=1S/C9H18O2/c1-9(2,10)7-8-5-3-4-6-11-8/h8,10H,3-7H2,1-2H3. The summed E-state index contributed by atoms with van der Waals surface area (Å²) in [7, 11) is 0. The molecule has 1 aliphatic rings. The van der Waals surface area contributed by atoms with E-state index in [4.69, 9.17) is 4.74 Å². The van der Waals surface area contributed by atoms with Crippen LogP contribution < -0.4 is 0 Å². The Balaban J connectivity index is 2.24. The largest absolute Gasteiger partial charge is 0.390 e. The molecule has 2 nitrogen and oxygen atoms in total. The summed E-state index contributed by atoms with van der Waals surface area (Å²) in [6, 6.07) is 0. The lowest BCUT2D eigenvalue weighted by molar-refractivity contribution is -0.0414. The van der Waals surface area contributed by atoms with Gasteiger partial charge in [-0.3, -0.25) is 0 Å². The first-order valence-corrected chi connectivity index (χ1v) is 4.42. The minimum atomic E-state index is -0.567. The van der Waals surface area contributed by atoms with E-state index in [1.165, 1.54) is 12.8 Å². The molecule has 66 valence electrons. The third-order valence-electron chi connectivity index (χ3n) is 2.00. The average molecular weight is 158 g/mol. The number of rotatable bonds is 2. The highest BCUT2D eigenvalue weighted by molar-refractivity contribution is 4.74. The highest BCUT2D eigenvalue weighted by Crippen LogP contribution is 2.21. The lowest BCUT2D eigenvalue weighted by Crippen LogP contribution is -2.30. The third-order valence-corrected chi connectivity index (χ3v) is 2.00. The summed E-state index contributed by atoms with van der Waals surface area (Å²) in [4.78, 5) is 0. The zero-order valence-electron chi connectivity index (χ0n) is 7.47. The predicted octanol–water partition coefficient (Wildman–Crippen LogP) is 1.72. The van der Waals surface area contributed by atoms with Crippen LogP contribution in [0.5, 0.6) is 0 Å². The second-order valence-corrected chi connectivity index (χ2v) is 4.01. The Labute approximate surface area is 68.6 Å². The summed E-state index contributed by atoms with van der Waals surface area (Å²) in [6.45, 7) is 4.55. The first-order chi connectivity index (χ1) is 5.08. The van der Waals surface area contributed by atoms with E-state index >= 15 is 0 Å². The van der Waals surface area contributed by atoms with Crippen LogP contribution >= 0.6 is 0 Å². The van der Waals surface area contributed by atoms with Crippen LogP contribution in [0.2, 0.25) is 0 Å². The molecule has 1 atom stereocenters. The fourth-order valence-corrected chi connectivity index (χ4v) is 1.53. The normalized spacial score (nSPS) is 27.0. The summed E-state index contributed by atoms with van der Waals surface area (Å²) in [6.07, 6.45) is 4.61. The molecule has 1 heterocycles. The van der Waals surface area contributed by atoms with Gasteiger partial charge in [-0.1, -0.05) is 0 Å². The number of aliphatic hydroxyl groups is 1. The van der Waals surface area contributed by atoms with E-state index in [0.717, 1.165) is 19.4 Å². The molecule has 2 heteroatoms. The quantitative estimate of drug-likeness (QED) is 0.663. The van der Waals surface area contributed by atoms with Crippen LogP contribution in [0.3, 0.4) is 0 Å². The second-order valence-electron chi connectivity index (χ2n) is 4.01. The topological polar surface area (TPSA) is 29.5 Å². The number of ether oxygens (including phenoxy) is 1. The summed E-state index contributed by atoms with van der Waals surface area (Å²) in [5, 5.41) is 9.49.